The molecule has 0 spiro atoms. The first kappa shape index (κ1) is 11.4. The summed E-state index contributed by atoms with van der Waals surface area (Å²) in [5.74, 6) is -0.446. The topological polar surface area (TPSA) is 72.2 Å². The number of aromatic hydroxyl groups is 1. The van der Waals surface area contributed by atoms with Gasteiger partial charge in [0.15, 0.2) is 5.69 Å². The molecule has 1 aromatic heterocycles. The standard InChI is InChI=1S/C14H10FN3O/c15-9-6-4-8(5-7-9)10-2-1-3-11-12(10)13(18-16)14(19)17-11/h1-7,16-17,19H. The van der Waals surface area contributed by atoms with Gasteiger partial charge in [-0.2, -0.15) is 5.11 Å². The van der Waals surface area contributed by atoms with E-state index in [2.05, 4.69) is 10.1 Å². The highest BCUT2D eigenvalue weighted by Gasteiger charge is 2.14. The molecule has 2 aromatic carbocycles. The summed E-state index contributed by atoms with van der Waals surface area (Å²) in [5.41, 5.74) is 9.63. The first-order valence-corrected chi connectivity index (χ1v) is 5.68. The molecule has 0 unspecified atom stereocenters. The molecule has 3 N–H and O–H groups in total. The fourth-order valence-corrected chi connectivity index (χ4v) is 2.20. The van der Waals surface area contributed by atoms with Gasteiger partial charge in [0.05, 0.1) is 5.52 Å². The highest BCUT2D eigenvalue weighted by atomic mass is 19.1. The number of hydrogen-bond acceptors (Lipinski definition) is 3. The number of fused-ring (bicyclic) bond motifs is 1. The third kappa shape index (κ3) is 1.76. The van der Waals surface area contributed by atoms with Crippen molar-refractivity contribution in [3.8, 4) is 17.0 Å². The van der Waals surface area contributed by atoms with E-state index in [0.717, 1.165) is 11.1 Å². The van der Waals surface area contributed by atoms with E-state index in [4.69, 9.17) is 5.53 Å². The zero-order valence-corrected chi connectivity index (χ0v) is 9.81. The second kappa shape index (κ2) is 4.20. The predicted molar refractivity (Wildman–Crippen MR) is 70.2 cm³/mol. The van der Waals surface area contributed by atoms with Crippen molar-refractivity contribution < 1.29 is 9.50 Å². The zero-order valence-electron chi connectivity index (χ0n) is 9.81. The third-order valence-electron chi connectivity index (χ3n) is 3.05. The molecule has 5 heteroatoms. The highest BCUT2D eigenvalue weighted by Crippen LogP contribution is 2.40. The van der Waals surface area contributed by atoms with Crippen molar-refractivity contribution in [3.63, 3.8) is 0 Å². The van der Waals surface area contributed by atoms with Gasteiger partial charge in [0.25, 0.3) is 0 Å². The van der Waals surface area contributed by atoms with E-state index in [1.807, 2.05) is 12.1 Å². The molecule has 0 bridgehead atoms. The maximum Gasteiger partial charge on any atom is 0.218 e. The van der Waals surface area contributed by atoms with Gasteiger partial charge in [-0.25, -0.2) is 9.92 Å². The van der Waals surface area contributed by atoms with Crippen molar-refractivity contribution in [2.45, 2.75) is 0 Å². The number of halogens is 1. The molecule has 94 valence electrons. The van der Waals surface area contributed by atoms with Crippen LogP contribution in [0.1, 0.15) is 0 Å². The molecule has 0 amide bonds. The molecule has 4 nitrogen and oxygen atoms in total. The predicted octanol–water partition coefficient (Wildman–Crippen LogP) is 4.34. The minimum absolute atomic E-state index is 0.139. The molecule has 3 rings (SSSR count). The Hall–Kier alpha value is -2.69. The minimum Gasteiger partial charge on any atom is -0.493 e. The second-order valence-corrected chi connectivity index (χ2v) is 4.17. The fraction of sp³-hybridized carbons (Fsp3) is 0. The van der Waals surface area contributed by atoms with Crippen LogP contribution in [0.25, 0.3) is 22.0 Å². The van der Waals surface area contributed by atoms with Gasteiger partial charge < -0.3 is 10.1 Å². The number of nitrogens with zero attached hydrogens (tertiary/aromatic N) is 1. The van der Waals surface area contributed by atoms with Crippen LogP contribution in [0.15, 0.2) is 47.6 Å². The molecule has 0 radical (unpaired) electrons. The summed E-state index contributed by atoms with van der Waals surface area (Å²) in [6.07, 6.45) is 0. The van der Waals surface area contributed by atoms with Crippen LogP contribution in [0.3, 0.4) is 0 Å². The van der Waals surface area contributed by atoms with Crippen LogP contribution in [0.2, 0.25) is 0 Å². The van der Waals surface area contributed by atoms with Crippen LogP contribution in [0, 0.1) is 11.3 Å². The lowest BCUT2D eigenvalue weighted by atomic mass is 10.0. The summed E-state index contributed by atoms with van der Waals surface area (Å²) in [5, 5.41) is 13.7. The zero-order chi connectivity index (χ0) is 13.4. The van der Waals surface area contributed by atoms with Gasteiger partial charge >= 0.3 is 0 Å². The average molecular weight is 255 g/mol. The first-order chi connectivity index (χ1) is 9.20. The summed E-state index contributed by atoms with van der Waals surface area (Å²) in [6, 6.07) is 11.5. The number of aromatic nitrogens is 1. The molecule has 0 aliphatic carbocycles. The molecule has 3 aromatic rings. The fourth-order valence-electron chi connectivity index (χ4n) is 2.20. The molecular weight excluding hydrogens is 245 g/mol. The molecule has 0 saturated carbocycles. The highest BCUT2D eigenvalue weighted by molar-refractivity contribution is 6.04. The van der Waals surface area contributed by atoms with Crippen molar-refractivity contribution in [2.24, 2.45) is 5.11 Å². The maximum absolute atomic E-state index is 13.0. The Morgan fingerprint density at radius 3 is 2.53 bits per heavy atom. The number of hydrogen-bond donors (Lipinski definition) is 3. The Kier molecular flexibility index (Phi) is 2.52. The van der Waals surface area contributed by atoms with Gasteiger partial charge in [0.1, 0.15) is 5.82 Å². The SMILES string of the molecule is N=Nc1c(O)[nH]c2cccc(-c3ccc(F)cc3)c12. The Balaban J connectivity index is 2.34. The average Bonchev–Trinajstić information content (AvgIpc) is 2.74. The van der Waals surface area contributed by atoms with Gasteiger partial charge in [0.2, 0.25) is 5.88 Å². The Bertz CT molecular complexity index is 762. The molecule has 0 saturated heterocycles. The van der Waals surface area contributed by atoms with Gasteiger partial charge in [-0.05, 0) is 29.3 Å². The quantitative estimate of drug-likeness (QED) is 0.585. The van der Waals surface area contributed by atoms with E-state index in [9.17, 15) is 9.50 Å². The van der Waals surface area contributed by atoms with E-state index >= 15 is 0 Å². The normalized spacial score (nSPS) is 10.8. The van der Waals surface area contributed by atoms with E-state index in [1.165, 1.54) is 12.1 Å². The van der Waals surface area contributed by atoms with Crippen LogP contribution in [0.4, 0.5) is 10.1 Å². The largest absolute Gasteiger partial charge is 0.493 e. The Morgan fingerprint density at radius 1 is 1.11 bits per heavy atom. The third-order valence-corrected chi connectivity index (χ3v) is 3.05. The van der Waals surface area contributed by atoms with Crippen LogP contribution in [0.5, 0.6) is 5.88 Å². The van der Waals surface area contributed by atoms with E-state index < -0.39 is 0 Å². The Labute approximate surface area is 108 Å². The van der Waals surface area contributed by atoms with Gasteiger partial charge in [-0.15, -0.1) is 0 Å². The van der Waals surface area contributed by atoms with Crippen molar-refractivity contribution in [1.82, 2.24) is 4.98 Å². The van der Waals surface area contributed by atoms with E-state index in [-0.39, 0.29) is 17.4 Å². The van der Waals surface area contributed by atoms with Crippen LogP contribution in [-0.4, -0.2) is 10.1 Å². The summed E-state index contributed by atoms with van der Waals surface area (Å²) >= 11 is 0. The summed E-state index contributed by atoms with van der Waals surface area (Å²) < 4.78 is 13.0. The van der Waals surface area contributed by atoms with E-state index in [1.54, 1.807) is 18.2 Å². The summed E-state index contributed by atoms with van der Waals surface area (Å²) in [6.45, 7) is 0. The number of nitrogens with one attached hydrogen (secondary N) is 2. The van der Waals surface area contributed by atoms with Crippen molar-refractivity contribution in [3.05, 3.63) is 48.3 Å². The molecule has 0 atom stereocenters. The lowest BCUT2D eigenvalue weighted by molar-refractivity contribution is 0.459. The van der Waals surface area contributed by atoms with Crippen molar-refractivity contribution in [2.75, 3.05) is 0 Å². The molecular formula is C14H10FN3O. The smallest absolute Gasteiger partial charge is 0.218 e. The maximum atomic E-state index is 13.0. The molecule has 0 aliphatic rings. The number of benzene rings is 2. The lowest BCUT2D eigenvalue weighted by Crippen LogP contribution is -1.80. The number of H-pyrrole nitrogens is 1. The van der Waals surface area contributed by atoms with E-state index in [0.29, 0.717) is 10.9 Å². The van der Waals surface area contributed by atoms with Gasteiger partial charge in [-0.1, -0.05) is 24.3 Å². The molecule has 19 heavy (non-hydrogen) atoms. The van der Waals surface area contributed by atoms with Crippen molar-refractivity contribution in [1.29, 1.82) is 5.53 Å². The first-order valence-electron chi connectivity index (χ1n) is 5.68. The second-order valence-electron chi connectivity index (χ2n) is 4.17. The van der Waals surface area contributed by atoms with Crippen LogP contribution < -0.4 is 0 Å². The summed E-state index contributed by atoms with van der Waals surface area (Å²) in [4.78, 5) is 2.77. The van der Waals surface area contributed by atoms with Gasteiger partial charge in [0, 0.05) is 5.39 Å². The number of aromatic amines is 1. The van der Waals surface area contributed by atoms with Crippen molar-refractivity contribution >= 4 is 16.6 Å². The van der Waals surface area contributed by atoms with Crippen LogP contribution >= 0.6 is 0 Å². The monoisotopic (exact) mass is 255 g/mol. The van der Waals surface area contributed by atoms with Crippen LogP contribution in [-0.2, 0) is 0 Å². The Morgan fingerprint density at radius 2 is 1.84 bits per heavy atom. The summed E-state index contributed by atoms with van der Waals surface area (Å²) in [7, 11) is 0. The molecule has 0 fully saturated rings. The molecule has 1 heterocycles. The van der Waals surface area contributed by atoms with Gasteiger partial charge in [-0.3, -0.25) is 0 Å². The lowest BCUT2D eigenvalue weighted by Gasteiger charge is -2.04. The minimum atomic E-state index is -0.307. The number of rotatable bonds is 2. The molecule has 0 aliphatic heterocycles.